The Kier molecular flexibility index (Phi) is 3.31. The van der Waals surface area contributed by atoms with E-state index in [-0.39, 0.29) is 17.6 Å². The van der Waals surface area contributed by atoms with Gasteiger partial charge in [0.1, 0.15) is 6.10 Å². The quantitative estimate of drug-likeness (QED) is 0.720. The average molecular weight is 185 g/mol. The van der Waals surface area contributed by atoms with Gasteiger partial charge in [-0.3, -0.25) is 4.79 Å². The Morgan fingerprint density at radius 3 is 2.54 bits per heavy atom. The van der Waals surface area contributed by atoms with Crippen LogP contribution in [0.1, 0.15) is 39.5 Å². The Balaban J connectivity index is 2.42. The van der Waals surface area contributed by atoms with Gasteiger partial charge >= 0.3 is 0 Å². The average Bonchev–Trinajstić information content (AvgIpc) is 2.09. The highest BCUT2D eigenvalue weighted by atomic mass is 16.5. The van der Waals surface area contributed by atoms with Crippen LogP contribution in [0.25, 0.3) is 0 Å². The first kappa shape index (κ1) is 10.5. The fourth-order valence-electron chi connectivity index (χ4n) is 1.64. The molecule has 76 valence electrons. The normalized spacial score (nSPS) is 21.8. The van der Waals surface area contributed by atoms with Gasteiger partial charge in [0.15, 0.2) is 0 Å². The van der Waals surface area contributed by atoms with Crippen molar-refractivity contribution in [2.45, 2.75) is 51.2 Å². The molecule has 1 amide bonds. The third-order valence-electron chi connectivity index (χ3n) is 3.10. The number of ether oxygens (including phenoxy) is 1. The number of hydrogen-bond acceptors (Lipinski definition) is 2. The molecule has 0 saturated heterocycles. The van der Waals surface area contributed by atoms with E-state index in [1.165, 1.54) is 6.42 Å². The molecular formula is C10H19NO2. The summed E-state index contributed by atoms with van der Waals surface area (Å²) < 4.78 is 4.96. The van der Waals surface area contributed by atoms with Gasteiger partial charge in [-0.05, 0) is 32.6 Å². The summed E-state index contributed by atoms with van der Waals surface area (Å²) >= 11 is 0. The lowest BCUT2D eigenvalue weighted by molar-refractivity contribution is -0.133. The van der Waals surface area contributed by atoms with Gasteiger partial charge in [0.2, 0.25) is 5.91 Å². The summed E-state index contributed by atoms with van der Waals surface area (Å²) in [7, 11) is 1.56. The molecule has 0 bridgehead atoms. The summed E-state index contributed by atoms with van der Waals surface area (Å²) in [5, 5.41) is 3.07. The van der Waals surface area contributed by atoms with E-state index in [0.717, 1.165) is 19.3 Å². The summed E-state index contributed by atoms with van der Waals surface area (Å²) in [4.78, 5) is 11.5. The Bertz CT molecular complexity index is 182. The first-order valence-electron chi connectivity index (χ1n) is 4.98. The SMILES string of the molecule is CCC1(NC(=O)C(C)OC)CCC1. The Labute approximate surface area is 79.8 Å². The minimum Gasteiger partial charge on any atom is -0.372 e. The topological polar surface area (TPSA) is 38.3 Å². The van der Waals surface area contributed by atoms with Crippen molar-refractivity contribution in [2.75, 3.05) is 7.11 Å². The van der Waals surface area contributed by atoms with Gasteiger partial charge in [0.05, 0.1) is 0 Å². The van der Waals surface area contributed by atoms with Crippen LogP contribution in [0.5, 0.6) is 0 Å². The molecule has 1 N–H and O–H groups in total. The van der Waals surface area contributed by atoms with E-state index in [1.807, 2.05) is 0 Å². The number of nitrogens with one attached hydrogen (secondary N) is 1. The van der Waals surface area contributed by atoms with E-state index >= 15 is 0 Å². The van der Waals surface area contributed by atoms with E-state index < -0.39 is 0 Å². The van der Waals surface area contributed by atoms with Crippen LogP contribution in [-0.4, -0.2) is 24.7 Å². The standard InChI is InChI=1S/C10H19NO2/c1-4-10(6-5-7-10)11-9(12)8(2)13-3/h8H,4-7H2,1-3H3,(H,11,12). The summed E-state index contributed by atoms with van der Waals surface area (Å²) in [6, 6.07) is 0. The minimum atomic E-state index is -0.330. The lowest BCUT2D eigenvalue weighted by Gasteiger charge is -2.42. The highest BCUT2D eigenvalue weighted by Gasteiger charge is 2.37. The molecule has 1 fully saturated rings. The molecule has 0 spiro atoms. The molecule has 3 nitrogen and oxygen atoms in total. The molecule has 1 unspecified atom stereocenters. The van der Waals surface area contributed by atoms with Crippen molar-refractivity contribution in [3.05, 3.63) is 0 Å². The minimum absolute atomic E-state index is 0.0176. The largest absolute Gasteiger partial charge is 0.372 e. The van der Waals surface area contributed by atoms with Crippen LogP contribution < -0.4 is 5.32 Å². The second-order valence-corrected chi connectivity index (χ2v) is 3.85. The van der Waals surface area contributed by atoms with Crippen molar-refractivity contribution in [1.82, 2.24) is 5.32 Å². The molecular weight excluding hydrogens is 166 g/mol. The number of rotatable bonds is 4. The van der Waals surface area contributed by atoms with Gasteiger partial charge < -0.3 is 10.1 Å². The molecule has 3 heteroatoms. The zero-order valence-corrected chi connectivity index (χ0v) is 8.72. The van der Waals surface area contributed by atoms with Crippen molar-refractivity contribution in [1.29, 1.82) is 0 Å². The maximum Gasteiger partial charge on any atom is 0.249 e. The molecule has 1 rings (SSSR count). The monoisotopic (exact) mass is 185 g/mol. The molecule has 1 aliphatic rings. The number of methoxy groups -OCH3 is 1. The van der Waals surface area contributed by atoms with Crippen LogP contribution in [-0.2, 0) is 9.53 Å². The van der Waals surface area contributed by atoms with Gasteiger partial charge in [-0.25, -0.2) is 0 Å². The molecule has 13 heavy (non-hydrogen) atoms. The molecule has 0 aromatic carbocycles. The Hall–Kier alpha value is -0.570. The van der Waals surface area contributed by atoms with Gasteiger partial charge in [-0.15, -0.1) is 0 Å². The van der Waals surface area contributed by atoms with Gasteiger partial charge in [0.25, 0.3) is 0 Å². The Morgan fingerprint density at radius 1 is 1.62 bits per heavy atom. The van der Waals surface area contributed by atoms with Gasteiger partial charge in [0, 0.05) is 12.6 Å². The molecule has 0 heterocycles. The summed E-state index contributed by atoms with van der Waals surface area (Å²) in [6.07, 6.45) is 4.16. The highest BCUT2D eigenvalue weighted by Crippen LogP contribution is 2.34. The number of carbonyl (C=O) groups is 1. The first-order chi connectivity index (χ1) is 6.13. The molecule has 1 saturated carbocycles. The predicted molar refractivity (Wildman–Crippen MR) is 51.5 cm³/mol. The van der Waals surface area contributed by atoms with Crippen LogP contribution in [0, 0.1) is 0 Å². The molecule has 1 atom stereocenters. The maximum absolute atomic E-state index is 11.5. The van der Waals surface area contributed by atoms with Crippen molar-refractivity contribution in [3.63, 3.8) is 0 Å². The summed E-state index contributed by atoms with van der Waals surface area (Å²) in [5.74, 6) is 0.0176. The summed E-state index contributed by atoms with van der Waals surface area (Å²) in [6.45, 7) is 3.90. The molecule has 0 radical (unpaired) electrons. The first-order valence-corrected chi connectivity index (χ1v) is 4.98. The maximum atomic E-state index is 11.5. The van der Waals surface area contributed by atoms with Crippen molar-refractivity contribution >= 4 is 5.91 Å². The van der Waals surface area contributed by atoms with E-state index in [1.54, 1.807) is 14.0 Å². The van der Waals surface area contributed by atoms with E-state index in [0.29, 0.717) is 0 Å². The van der Waals surface area contributed by atoms with Crippen LogP contribution in [0.3, 0.4) is 0 Å². The lowest BCUT2D eigenvalue weighted by atomic mass is 9.75. The lowest BCUT2D eigenvalue weighted by Crippen LogP contribution is -2.55. The second-order valence-electron chi connectivity index (χ2n) is 3.85. The van der Waals surface area contributed by atoms with Crippen LogP contribution in [0.4, 0.5) is 0 Å². The van der Waals surface area contributed by atoms with Gasteiger partial charge in [-0.2, -0.15) is 0 Å². The molecule has 0 aromatic heterocycles. The van der Waals surface area contributed by atoms with Crippen LogP contribution in [0.2, 0.25) is 0 Å². The zero-order chi connectivity index (χ0) is 9.90. The highest BCUT2D eigenvalue weighted by molar-refractivity contribution is 5.81. The zero-order valence-electron chi connectivity index (χ0n) is 8.72. The number of hydrogen-bond donors (Lipinski definition) is 1. The van der Waals surface area contributed by atoms with E-state index in [9.17, 15) is 4.79 Å². The van der Waals surface area contributed by atoms with Crippen molar-refractivity contribution in [3.8, 4) is 0 Å². The third-order valence-corrected chi connectivity index (χ3v) is 3.10. The predicted octanol–water partition coefficient (Wildman–Crippen LogP) is 1.47. The summed E-state index contributed by atoms with van der Waals surface area (Å²) in [5.41, 5.74) is 0.0872. The number of amides is 1. The van der Waals surface area contributed by atoms with Crippen molar-refractivity contribution in [2.24, 2.45) is 0 Å². The Morgan fingerprint density at radius 2 is 2.23 bits per heavy atom. The van der Waals surface area contributed by atoms with E-state index in [4.69, 9.17) is 4.74 Å². The smallest absolute Gasteiger partial charge is 0.249 e. The molecule has 0 aromatic rings. The van der Waals surface area contributed by atoms with Gasteiger partial charge in [-0.1, -0.05) is 6.92 Å². The fourth-order valence-corrected chi connectivity index (χ4v) is 1.64. The third kappa shape index (κ3) is 2.21. The van der Waals surface area contributed by atoms with E-state index in [2.05, 4.69) is 12.2 Å². The number of carbonyl (C=O) groups excluding carboxylic acids is 1. The fraction of sp³-hybridized carbons (Fsp3) is 0.900. The molecule has 1 aliphatic carbocycles. The second kappa shape index (κ2) is 4.09. The van der Waals surface area contributed by atoms with Crippen LogP contribution in [0.15, 0.2) is 0 Å². The molecule has 0 aliphatic heterocycles. The van der Waals surface area contributed by atoms with Crippen LogP contribution >= 0.6 is 0 Å². The van der Waals surface area contributed by atoms with Crippen molar-refractivity contribution < 1.29 is 9.53 Å².